The number of nitrogens with zero attached hydrogens (tertiary/aromatic N) is 1. The molecule has 2 aromatic rings. The predicted octanol–water partition coefficient (Wildman–Crippen LogP) is 2.79. The molecule has 0 saturated heterocycles. The molecule has 0 radical (unpaired) electrons. The van der Waals surface area contributed by atoms with E-state index in [2.05, 4.69) is 28.2 Å². The number of aromatic nitrogens is 1. The van der Waals surface area contributed by atoms with Gasteiger partial charge in [-0.2, -0.15) is 0 Å². The SMILES string of the molecule is CCc1cccc(C)c1NC(=S)NNC(=O)c1c(C)noc1C. The highest BCUT2D eigenvalue weighted by Gasteiger charge is 2.17. The Morgan fingerprint density at radius 3 is 2.61 bits per heavy atom. The van der Waals surface area contributed by atoms with E-state index in [4.69, 9.17) is 16.7 Å². The van der Waals surface area contributed by atoms with Crippen molar-refractivity contribution in [3.05, 3.63) is 46.3 Å². The van der Waals surface area contributed by atoms with Gasteiger partial charge < -0.3 is 9.84 Å². The fourth-order valence-electron chi connectivity index (χ4n) is 2.33. The molecule has 122 valence electrons. The largest absolute Gasteiger partial charge is 0.361 e. The van der Waals surface area contributed by atoms with Gasteiger partial charge in [0.2, 0.25) is 0 Å². The summed E-state index contributed by atoms with van der Waals surface area (Å²) in [6.45, 7) is 7.48. The van der Waals surface area contributed by atoms with Crippen molar-refractivity contribution in [2.45, 2.75) is 34.1 Å². The first-order valence-corrected chi connectivity index (χ1v) is 7.73. The van der Waals surface area contributed by atoms with Gasteiger partial charge in [0, 0.05) is 5.69 Å². The van der Waals surface area contributed by atoms with Crippen LogP contribution in [0.25, 0.3) is 0 Å². The van der Waals surface area contributed by atoms with Crippen LogP contribution in [0.3, 0.4) is 0 Å². The summed E-state index contributed by atoms with van der Waals surface area (Å²) in [5.74, 6) is 0.124. The number of anilines is 1. The molecule has 0 aliphatic heterocycles. The van der Waals surface area contributed by atoms with Gasteiger partial charge in [-0.05, 0) is 50.5 Å². The third-order valence-electron chi connectivity index (χ3n) is 3.53. The molecule has 6 nitrogen and oxygen atoms in total. The normalized spacial score (nSPS) is 10.3. The average molecular weight is 332 g/mol. The highest BCUT2D eigenvalue weighted by molar-refractivity contribution is 7.80. The Morgan fingerprint density at radius 1 is 1.26 bits per heavy atom. The molecule has 0 saturated carbocycles. The molecule has 7 heteroatoms. The second-order valence-corrected chi connectivity index (χ2v) is 5.60. The number of aryl methyl sites for hydroxylation is 4. The first-order valence-electron chi connectivity index (χ1n) is 7.32. The maximum atomic E-state index is 12.1. The Labute approximate surface area is 140 Å². The Bertz CT molecular complexity index is 720. The minimum absolute atomic E-state index is 0.314. The lowest BCUT2D eigenvalue weighted by Gasteiger charge is -2.16. The summed E-state index contributed by atoms with van der Waals surface area (Å²) >= 11 is 5.24. The summed E-state index contributed by atoms with van der Waals surface area (Å²) in [6.07, 6.45) is 0.887. The average Bonchev–Trinajstić information content (AvgIpc) is 2.86. The van der Waals surface area contributed by atoms with Crippen LogP contribution in [0.2, 0.25) is 0 Å². The summed E-state index contributed by atoms with van der Waals surface area (Å²) in [5.41, 5.74) is 9.40. The van der Waals surface area contributed by atoms with E-state index in [0.717, 1.165) is 23.2 Å². The number of amides is 1. The van der Waals surface area contributed by atoms with Gasteiger partial charge >= 0.3 is 0 Å². The highest BCUT2D eigenvalue weighted by Crippen LogP contribution is 2.20. The minimum Gasteiger partial charge on any atom is -0.361 e. The fraction of sp³-hybridized carbons (Fsp3) is 0.312. The summed E-state index contributed by atoms with van der Waals surface area (Å²) in [6, 6.07) is 6.06. The molecule has 3 N–H and O–H groups in total. The fourth-order valence-corrected chi connectivity index (χ4v) is 2.48. The Morgan fingerprint density at radius 2 is 2.00 bits per heavy atom. The maximum Gasteiger partial charge on any atom is 0.275 e. The maximum absolute atomic E-state index is 12.1. The van der Waals surface area contributed by atoms with E-state index in [1.807, 2.05) is 25.1 Å². The quantitative estimate of drug-likeness (QED) is 0.592. The zero-order valence-electron chi connectivity index (χ0n) is 13.6. The number of thiocarbonyl (C=S) groups is 1. The van der Waals surface area contributed by atoms with E-state index in [1.54, 1.807) is 13.8 Å². The third-order valence-corrected chi connectivity index (χ3v) is 3.73. The van der Waals surface area contributed by atoms with Gasteiger partial charge in [-0.1, -0.05) is 30.3 Å². The number of hydrogen-bond acceptors (Lipinski definition) is 4. The number of carbonyl (C=O) groups excluding carboxylic acids is 1. The molecule has 1 heterocycles. The first-order chi connectivity index (χ1) is 10.9. The van der Waals surface area contributed by atoms with Crippen LogP contribution in [0.15, 0.2) is 22.7 Å². The lowest BCUT2D eigenvalue weighted by Crippen LogP contribution is -2.44. The molecule has 23 heavy (non-hydrogen) atoms. The van der Waals surface area contributed by atoms with Crippen molar-refractivity contribution >= 4 is 28.9 Å². The van der Waals surface area contributed by atoms with Crippen molar-refractivity contribution < 1.29 is 9.32 Å². The molecule has 0 fully saturated rings. The zero-order valence-corrected chi connectivity index (χ0v) is 14.4. The number of hydrogen-bond donors (Lipinski definition) is 3. The second-order valence-electron chi connectivity index (χ2n) is 5.20. The van der Waals surface area contributed by atoms with Gasteiger partial charge in [0.1, 0.15) is 11.3 Å². The van der Waals surface area contributed by atoms with Crippen LogP contribution < -0.4 is 16.2 Å². The summed E-state index contributed by atoms with van der Waals surface area (Å²) < 4.78 is 4.98. The van der Waals surface area contributed by atoms with Gasteiger partial charge in [-0.3, -0.25) is 15.6 Å². The molecular formula is C16H20N4O2S. The molecule has 0 aliphatic carbocycles. The van der Waals surface area contributed by atoms with Crippen molar-refractivity contribution in [3.8, 4) is 0 Å². The molecule has 1 aromatic carbocycles. The Hall–Kier alpha value is -2.41. The van der Waals surface area contributed by atoms with Gasteiger partial charge in [-0.15, -0.1) is 0 Å². The van der Waals surface area contributed by atoms with Crippen molar-refractivity contribution in [2.75, 3.05) is 5.32 Å². The zero-order chi connectivity index (χ0) is 17.0. The number of hydrazine groups is 1. The summed E-state index contributed by atoms with van der Waals surface area (Å²) in [5, 5.41) is 7.19. The van der Waals surface area contributed by atoms with E-state index < -0.39 is 0 Å². The molecular weight excluding hydrogens is 312 g/mol. The van der Waals surface area contributed by atoms with Crippen LogP contribution >= 0.6 is 12.2 Å². The van der Waals surface area contributed by atoms with Crippen molar-refractivity contribution in [2.24, 2.45) is 0 Å². The van der Waals surface area contributed by atoms with Crippen molar-refractivity contribution in [1.29, 1.82) is 0 Å². The molecule has 1 aromatic heterocycles. The lowest BCUT2D eigenvalue weighted by molar-refractivity contribution is 0.0942. The number of nitrogens with one attached hydrogen (secondary N) is 3. The molecule has 0 unspecified atom stereocenters. The van der Waals surface area contributed by atoms with Crippen LogP contribution in [0, 0.1) is 20.8 Å². The van der Waals surface area contributed by atoms with E-state index in [0.29, 0.717) is 22.1 Å². The monoisotopic (exact) mass is 332 g/mol. The standard InChI is InChI=1S/C16H20N4O2S/c1-5-12-8-6-7-9(2)14(12)17-16(23)19-18-15(21)13-10(3)20-22-11(13)4/h6-8H,5H2,1-4H3,(H,18,21)(H2,17,19,23). The van der Waals surface area contributed by atoms with Crippen LogP contribution in [0.4, 0.5) is 5.69 Å². The van der Waals surface area contributed by atoms with Gasteiger partial charge in [0.25, 0.3) is 5.91 Å². The number of carbonyl (C=O) groups is 1. The molecule has 0 bridgehead atoms. The molecule has 1 amide bonds. The van der Waals surface area contributed by atoms with Crippen LogP contribution in [0.5, 0.6) is 0 Å². The lowest BCUT2D eigenvalue weighted by atomic mass is 10.1. The van der Waals surface area contributed by atoms with Crippen LogP contribution in [0.1, 0.15) is 39.9 Å². The smallest absolute Gasteiger partial charge is 0.275 e. The van der Waals surface area contributed by atoms with Crippen molar-refractivity contribution in [1.82, 2.24) is 16.0 Å². The summed E-state index contributed by atoms with van der Waals surface area (Å²) in [7, 11) is 0. The molecule has 0 atom stereocenters. The number of benzene rings is 1. The topological polar surface area (TPSA) is 79.2 Å². The van der Waals surface area contributed by atoms with Gasteiger partial charge in [-0.25, -0.2) is 0 Å². The van der Waals surface area contributed by atoms with E-state index in [1.165, 1.54) is 0 Å². The molecule has 0 aliphatic rings. The van der Waals surface area contributed by atoms with Crippen LogP contribution in [-0.2, 0) is 6.42 Å². The van der Waals surface area contributed by atoms with Gasteiger partial charge in [0.15, 0.2) is 5.11 Å². The van der Waals surface area contributed by atoms with Gasteiger partial charge in [0.05, 0.1) is 5.69 Å². The Balaban J connectivity index is 2.00. The molecule has 2 rings (SSSR count). The number of para-hydroxylation sites is 1. The second kappa shape index (κ2) is 7.23. The molecule has 0 spiro atoms. The van der Waals surface area contributed by atoms with E-state index >= 15 is 0 Å². The van der Waals surface area contributed by atoms with Crippen LogP contribution in [-0.4, -0.2) is 16.2 Å². The van der Waals surface area contributed by atoms with E-state index in [-0.39, 0.29) is 5.91 Å². The first kappa shape index (κ1) is 17.0. The van der Waals surface area contributed by atoms with E-state index in [9.17, 15) is 4.79 Å². The Kier molecular flexibility index (Phi) is 5.33. The predicted molar refractivity (Wildman–Crippen MR) is 93.4 cm³/mol. The third kappa shape index (κ3) is 3.87. The summed E-state index contributed by atoms with van der Waals surface area (Å²) in [4.78, 5) is 12.1. The van der Waals surface area contributed by atoms with Crippen molar-refractivity contribution in [3.63, 3.8) is 0 Å². The number of rotatable bonds is 3. The minimum atomic E-state index is -0.342. The highest BCUT2D eigenvalue weighted by atomic mass is 32.1.